The van der Waals surface area contributed by atoms with Crippen LogP contribution in [0.4, 0.5) is 0 Å². The summed E-state index contributed by atoms with van der Waals surface area (Å²) >= 11 is 0. The van der Waals surface area contributed by atoms with E-state index >= 15 is 0 Å². The van der Waals surface area contributed by atoms with Gasteiger partial charge in [0.05, 0.1) is 11.3 Å². The summed E-state index contributed by atoms with van der Waals surface area (Å²) in [7, 11) is 0. The van der Waals surface area contributed by atoms with Crippen molar-refractivity contribution in [2.45, 2.75) is 12.8 Å². The topological polar surface area (TPSA) is 29.4 Å². The van der Waals surface area contributed by atoms with Crippen molar-refractivity contribution in [2.75, 3.05) is 0 Å². The third-order valence-electron chi connectivity index (χ3n) is 2.94. The summed E-state index contributed by atoms with van der Waals surface area (Å²) in [6, 6.07) is 7.95. The van der Waals surface area contributed by atoms with Crippen LogP contribution in [0.15, 0.2) is 41.0 Å². The number of fused-ring (bicyclic) bond motifs is 2. The molecular weight excluding hydrogens is 198 g/mol. The number of carbonyl (C=O) groups is 1. The lowest BCUT2D eigenvalue weighted by atomic mass is 9.95. The smallest absolute Gasteiger partial charge is 0.165 e. The van der Waals surface area contributed by atoms with Crippen molar-refractivity contribution in [1.29, 1.82) is 0 Å². The number of rotatable bonds is 0. The number of nitrogens with zero attached hydrogens (tertiary/aromatic N) is 1. The second-order valence-corrected chi connectivity index (χ2v) is 3.96. The molecule has 1 aromatic carbocycles. The van der Waals surface area contributed by atoms with Gasteiger partial charge in [-0.15, -0.1) is 0 Å². The summed E-state index contributed by atoms with van der Waals surface area (Å²) in [6.45, 7) is 0. The first-order valence-electron chi connectivity index (χ1n) is 5.44. The van der Waals surface area contributed by atoms with E-state index in [0.717, 1.165) is 28.1 Å². The van der Waals surface area contributed by atoms with Gasteiger partial charge < -0.3 is 0 Å². The van der Waals surface area contributed by atoms with Gasteiger partial charge in [0.15, 0.2) is 5.78 Å². The standard InChI is InChI=1S/C14H11NO/c16-13-7-3-6-12-14(13)11-5-2-1-4-10(11)8-9-15-12/h1-2,4-6,8-9H,3,7H2. The molecule has 0 saturated carbocycles. The minimum absolute atomic E-state index is 0.206. The van der Waals surface area contributed by atoms with Crippen LogP contribution < -0.4 is 10.4 Å². The first-order chi connectivity index (χ1) is 7.86. The van der Waals surface area contributed by atoms with Gasteiger partial charge in [0.25, 0.3) is 0 Å². The second-order valence-electron chi connectivity index (χ2n) is 3.96. The maximum Gasteiger partial charge on any atom is 0.165 e. The van der Waals surface area contributed by atoms with Gasteiger partial charge in [-0.2, -0.15) is 0 Å². The van der Waals surface area contributed by atoms with Gasteiger partial charge in [-0.3, -0.25) is 9.79 Å². The lowest BCUT2D eigenvalue weighted by molar-refractivity contribution is -0.113. The molecule has 0 N–H and O–H groups in total. The number of hydrogen-bond acceptors (Lipinski definition) is 2. The summed E-state index contributed by atoms with van der Waals surface area (Å²) in [5.41, 5.74) is 1.62. The van der Waals surface area contributed by atoms with E-state index in [1.54, 1.807) is 6.21 Å². The van der Waals surface area contributed by atoms with Crippen molar-refractivity contribution in [3.63, 3.8) is 0 Å². The average Bonchev–Trinajstić information content (AvgIpc) is 2.49. The summed E-state index contributed by atoms with van der Waals surface area (Å²) in [4.78, 5) is 16.3. The Balaban J connectivity index is 2.49. The van der Waals surface area contributed by atoms with E-state index in [-0.39, 0.29) is 5.78 Å². The molecule has 0 radical (unpaired) electrons. The highest BCUT2D eigenvalue weighted by molar-refractivity contribution is 6.22. The molecule has 0 amide bonds. The molecule has 1 heterocycles. The Hall–Kier alpha value is -1.96. The maximum absolute atomic E-state index is 12.0. The number of carbonyl (C=O) groups excluding carboxylic acids is 1. The predicted octanol–water partition coefficient (Wildman–Crippen LogP) is 0.949. The molecule has 1 aliphatic heterocycles. The average molecular weight is 209 g/mol. The van der Waals surface area contributed by atoms with Crippen molar-refractivity contribution >= 4 is 23.6 Å². The molecule has 1 aromatic rings. The Kier molecular flexibility index (Phi) is 2.07. The summed E-state index contributed by atoms with van der Waals surface area (Å²) in [5, 5.41) is 2.08. The van der Waals surface area contributed by atoms with Gasteiger partial charge in [-0.05, 0) is 22.9 Å². The van der Waals surface area contributed by atoms with E-state index in [4.69, 9.17) is 0 Å². The van der Waals surface area contributed by atoms with Gasteiger partial charge in [0, 0.05) is 12.6 Å². The predicted molar refractivity (Wildman–Crippen MR) is 64.4 cm³/mol. The minimum Gasteiger partial charge on any atom is -0.294 e. The zero-order valence-corrected chi connectivity index (χ0v) is 8.81. The van der Waals surface area contributed by atoms with Gasteiger partial charge in [-0.25, -0.2) is 0 Å². The summed E-state index contributed by atoms with van der Waals surface area (Å²) in [6.07, 6.45) is 7.17. The number of hydrogen-bond donors (Lipinski definition) is 0. The van der Waals surface area contributed by atoms with E-state index in [9.17, 15) is 4.79 Å². The Morgan fingerprint density at radius 3 is 3.00 bits per heavy atom. The van der Waals surface area contributed by atoms with Crippen LogP contribution >= 0.6 is 0 Å². The lowest BCUT2D eigenvalue weighted by Crippen LogP contribution is -2.29. The first-order valence-corrected chi connectivity index (χ1v) is 5.44. The summed E-state index contributed by atoms with van der Waals surface area (Å²) < 4.78 is 0. The third kappa shape index (κ3) is 1.34. The fraction of sp³-hybridized carbons (Fsp3) is 0.143. The van der Waals surface area contributed by atoms with Crippen molar-refractivity contribution in [1.82, 2.24) is 0 Å². The minimum atomic E-state index is 0.206. The van der Waals surface area contributed by atoms with Crippen LogP contribution in [0.25, 0.3) is 11.6 Å². The Morgan fingerprint density at radius 1 is 1.19 bits per heavy atom. The molecule has 78 valence electrons. The zero-order valence-electron chi connectivity index (χ0n) is 8.81. The number of Topliss-reactive ketones (excluding diaryl/α,β-unsaturated/α-hetero) is 1. The molecular formula is C14H11NO. The molecule has 0 fully saturated rings. The van der Waals surface area contributed by atoms with Gasteiger partial charge in [-0.1, -0.05) is 30.3 Å². The molecule has 3 rings (SSSR count). The van der Waals surface area contributed by atoms with Gasteiger partial charge in [0.2, 0.25) is 0 Å². The van der Waals surface area contributed by atoms with E-state index in [1.807, 2.05) is 36.4 Å². The number of ketones is 1. The first kappa shape index (κ1) is 9.28. The molecule has 1 aliphatic carbocycles. The molecule has 2 aliphatic rings. The van der Waals surface area contributed by atoms with Crippen LogP contribution in [0.1, 0.15) is 12.8 Å². The lowest BCUT2D eigenvalue weighted by Gasteiger charge is -2.11. The third-order valence-corrected chi connectivity index (χ3v) is 2.94. The molecule has 0 atom stereocenters. The normalized spacial score (nSPS) is 18.1. The van der Waals surface area contributed by atoms with Crippen LogP contribution in [0.5, 0.6) is 0 Å². The number of allylic oxidation sites excluding steroid dienone is 2. The molecule has 0 spiro atoms. The molecule has 0 unspecified atom stereocenters. The second kappa shape index (κ2) is 3.56. The van der Waals surface area contributed by atoms with Crippen molar-refractivity contribution in [3.05, 3.63) is 46.5 Å². The van der Waals surface area contributed by atoms with Gasteiger partial charge in [0.1, 0.15) is 0 Å². The monoisotopic (exact) mass is 209 g/mol. The van der Waals surface area contributed by atoms with Crippen LogP contribution in [-0.4, -0.2) is 12.0 Å². The molecule has 0 bridgehead atoms. The van der Waals surface area contributed by atoms with E-state index in [0.29, 0.717) is 6.42 Å². The highest BCUT2D eigenvalue weighted by Gasteiger charge is 2.19. The van der Waals surface area contributed by atoms with E-state index < -0.39 is 0 Å². The highest BCUT2D eigenvalue weighted by Crippen LogP contribution is 2.22. The Labute approximate surface area is 93.3 Å². The Bertz CT molecular complexity index is 635. The largest absolute Gasteiger partial charge is 0.294 e. The quantitative estimate of drug-likeness (QED) is 0.625. The van der Waals surface area contributed by atoms with Crippen molar-refractivity contribution in [2.24, 2.45) is 4.99 Å². The van der Waals surface area contributed by atoms with E-state index in [1.165, 1.54) is 0 Å². The molecule has 0 aromatic heterocycles. The van der Waals surface area contributed by atoms with E-state index in [2.05, 4.69) is 4.99 Å². The highest BCUT2D eigenvalue weighted by atomic mass is 16.1. The Morgan fingerprint density at radius 2 is 2.06 bits per heavy atom. The fourth-order valence-electron chi connectivity index (χ4n) is 2.18. The number of aliphatic imine (C=N–C) groups is 1. The van der Waals surface area contributed by atoms with Crippen LogP contribution in [0, 0.1) is 0 Å². The molecule has 2 nitrogen and oxygen atoms in total. The SMILES string of the molecule is O=C1CCC=C2N=CC=c3ccccc3=C12. The molecule has 0 saturated heterocycles. The van der Waals surface area contributed by atoms with Gasteiger partial charge >= 0.3 is 0 Å². The van der Waals surface area contributed by atoms with Crippen molar-refractivity contribution in [3.8, 4) is 0 Å². The fourth-order valence-corrected chi connectivity index (χ4v) is 2.18. The number of benzene rings is 1. The summed E-state index contributed by atoms with van der Waals surface area (Å²) in [5.74, 6) is 0.206. The molecule has 16 heavy (non-hydrogen) atoms. The van der Waals surface area contributed by atoms with Crippen molar-refractivity contribution < 1.29 is 4.79 Å². The maximum atomic E-state index is 12.0. The van der Waals surface area contributed by atoms with Crippen LogP contribution in [0.2, 0.25) is 0 Å². The zero-order chi connectivity index (χ0) is 11.0. The van der Waals surface area contributed by atoms with Crippen LogP contribution in [-0.2, 0) is 4.79 Å². The van der Waals surface area contributed by atoms with Crippen LogP contribution in [0.3, 0.4) is 0 Å². The molecule has 2 heteroatoms.